The van der Waals surface area contributed by atoms with Crippen LogP contribution in [0.25, 0.3) is 0 Å². The van der Waals surface area contributed by atoms with Crippen LogP contribution in [0.4, 0.5) is 5.13 Å². The molecule has 0 bridgehead atoms. The lowest BCUT2D eigenvalue weighted by atomic mass is 10.1. The van der Waals surface area contributed by atoms with E-state index in [1.807, 2.05) is 0 Å². The van der Waals surface area contributed by atoms with Gasteiger partial charge in [-0.1, -0.05) is 11.3 Å². The summed E-state index contributed by atoms with van der Waals surface area (Å²) in [4.78, 5) is 52.5. The van der Waals surface area contributed by atoms with E-state index < -0.39 is 5.92 Å². The Bertz CT molecular complexity index is 929. The summed E-state index contributed by atoms with van der Waals surface area (Å²) < 4.78 is 4.99. The van der Waals surface area contributed by atoms with Gasteiger partial charge in [-0.15, -0.1) is 10.2 Å². The molecule has 1 aliphatic heterocycles. The smallest absolute Gasteiger partial charge is 0.290 e. The van der Waals surface area contributed by atoms with E-state index in [2.05, 4.69) is 25.5 Å². The van der Waals surface area contributed by atoms with E-state index in [9.17, 15) is 14.4 Å². The first-order valence-electron chi connectivity index (χ1n) is 8.42. The number of hydrogen-bond acceptors (Lipinski definition) is 9. The number of carboxylic acid groups (broad SMARTS) is 1. The van der Waals surface area contributed by atoms with Gasteiger partial charge < -0.3 is 20.1 Å². The van der Waals surface area contributed by atoms with Crippen LogP contribution >= 0.6 is 11.3 Å². The average Bonchev–Trinajstić information content (AvgIpc) is 3.26. The summed E-state index contributed by atoms with van der Waals surface area (Å²) in [5.74, 6) is -0.440. The van der Waals surface area contributed by atoms with Crippen LogP contribution in [-0.4, -0.2) is 57.2 Å². The number of aromatic nitrogens is 4. The van der Waals surface area contributed by atoms with Crippen molar-refractivity contribution in [3.63, 3.8) is 0 Å². The van der Waals surface area contributed by atoms with E-state index >= 15 is 0 Å². The summed E-state index contributed by atoms with van der Waals surface area (Å²) in [5, 5.41) is 18.7. The van der Waals surface area contributed by atoms with Gasteiger partial charge in [0.05, 0.1) is 18.2 Å². The van der Waals surface area contributed by atoms with Crippen LogP contribution in [0.3, 0.4) is 0 Å². The predicted molar refractivity (Wildman–Crippen MR) is 101 cm³/mol. The number of aryl methyl sites for hydroxylation is 1. The molecule has 0 aromatic carbocycles. The van der Waals surface area contributed by atoms with Gasteiger partial charge in [-0.05, 0) is 6.92 Å². The number of methoxy groups -OCH3 is 1. The largest absolute Gasteiger partial charge is 0.483 e. The normalized spacial score (nSPS) is 15.6. The molecule has 1 fully saturated rings. The molecule has 2 aromatic heterocycles. The predicted octanol–water partition coefficient (Wildman–Crippen LogP) is -0.554. The zero-order chi connectivity index (χ0) is 21.4. The van der Waals surface area contributed by atoms with Crippen LogP contribution in [-0.2, 0) is 32.3 Å². The van der Waals surface area contributed by atoms with Crippen molar-refractivity contribution < 1.29 is 24.2 Å². The number of amides is 2. The van der Waals surface area contributed by atoms with E-state index in [4.69, 9.17) is 14.6 Å². The Labute approximate surface area is 168 Å². The molecule has 0 spiro atoms. The van der Waals surface area contributed by atoms with E-state index in [1.165, 1.54) is 22.3 Å². The lowest BCUT2D eigenvalue weighted by Crippen LogP contribution is -2.33. The number of carbonyl (C=O) groups is 3. The molecular weight excluding hydrogens is 404 g/mol. The fraction of sp³-hybridized carbons (Fsp3) is 0.438. The first kappa shape index (κ1) is 22.1. The zero-order valence-electron chi connectivity index (χ0n) is 15.7. The minimum absolute atomic E-state index is 0.104. The Kier molecular flexibility index (Phi) is 7.91. The molecule has 0 radical (unpaired) electrons. The topological polar surface area (TPSA) is 167 Å². The fourth-order valence-corrected chi connectivity index (χ4v) is 3.50. The molecule has 12 nitrogen and oxygen atoms in total. The van der Waals surface area contributed by atoms with Gasteiger partial charge in [-0.25, -0.2) is 4.98 Å². The van der Waals surface area contributed by atoms with Crippen LogP contribution in [0.5, 0.6) is 0 Å². The second-order valence-corrected chi connectivity index (χ2v) is 7.00. The van der Waals surface area contributed by atoms with Gasteiger partial charge in [0, 0.05) is 26.1 Å². The highest BCUT2D eigenvalue weighted by Gasteiger charge is 2.36. The maximum absolute atomic E-state index is 12.4. The standard InChI is InChI=1S/C15H18N6O4S.CH2O2/c1-8-17-10(4-11(22)18-8)5-16-14(24)9-3-13(23)21(6-9)15-20-19-12(26-15)7-25-2;2-1-3/h4,9H,3,5-7H2,1-2H3,(H,16,24)(H,17,18,22);1H,(H,2,3). The van der Waals surface area contributed by atoms with Crippen molar-refractivity contribution in [3.8, 4) is 0 Å². The molecule has 1 aliphatic rings. The number of aromatic amines is 1. The van der Waals surface area contributed by atoms with Gasteiger partial charge in [-0.3, -0.25) is 24.1 Å². The molecule has 0 saturated carbocycles. The highest BCUT2D eigenvalue weighted by molar-refractivity contribution is 7.15. The molecule has 29 heavy (non-hydrogen) atoms. The van der Waals surface area contributed by atoms with Crippen LogP contribution in [0, 0.1) is 12.8 Å². The third kappa shape index (κ3) is 6.15. The highest BCUT2D eigenvalue weighted by Crippen LogP contribution is 2.28. The molecule has 3 N–H and O–H groups in total. The van der Waals surface area contributed by atoms with Crippen LogP contribution in [0.2, 0.25) is 0 Å². The minimum Gasteiger partial charge on any atom is -0.483 e. The van der Waals surface area contributed by atoms with Gasteiger partial charge in [-0.2, -0.15) is 0 Å². The average molecular weight is 424 g/mol. The number of carbonyl (C=O) groups excluding carboxylic acids is 2. The van der Waals surface area contributed by atoms with Crippen LogP contribution in [0.1, 0.15) is 22.9 Å². The van der Waals surface area contributed by atoms with E-state index in [0.717, 1.165) is 0 Å². The summed E-state index contributed by atoms with van der Waals surface area (Å²) in [5.41, 5.74) is 0.196. The molecular formula is C16H20N6O6S. The Balaban J connectivity index is 0.000000941. The number of H-pyrrole nitrogens is 1. The Morgan fingerprint density at radius 2 is 2.21 bits per heavy atom. The van der Waals surface area contributed by atoms with Crippen molar-refractivity contribution in [2.75, 3.05) is 18.6 Å². The van der Waals surface area contributed by atoms with Gasteiger partial charge in [0.25, 0.3) is 12.0 Å². The van der Waals surface area contributed by atoms with E-state index in [0.29, 0.717) is 28.3 Å². The number of ether oxygens (including phenoxy) is 1. The maximum atomic E-state index is 12.4. The van der Waals surface area contributed by atoms with Crippen LogP contribution < -0.4 is 15.8 Å². The van der Waals surface area contributed by atoms with Crippen molar-refractivity contribution in [3.05, 3.63) is 32.9 Å². The second kappa shape index (κ2) is 10.4. The highest BCUT2D eigenvalue weighted by atomic mass is 32.1. The van der Waals surface area contributed by atoms with E-state index in [1.54, 1.807) is 14.0 Å². The molecule has 1 unspecified atom stereocenters. The third-order valence-corrected chi connectivity index (χ3v) is 4.73. The molecule has 0 aliphatic carbocycles. The second-order valence-electron chi connectivity index (χ2n) is 5.96. The summed E-state index contributed by atoms with van der Waals surface area (Å²) >= 11 is 1.26. The number of rotatable bonds is 6. The molecule has 3 rings (SSSR count). The fourth-order valence-electron chi connectivity index (χ4n) is 2.66. The van der Waals surface area contributed by atoms with Gasteiger partial charge in [0.15, 0.2) is 0 Å². The van der Waals surface area contributed by atoms with Gasteiger partial charge in [0.1, 0.15) is 17.4 Å². The lowest BCUT2D eigenvalue weighted by Gasteiger charge is -2.12. The van der Waals surface area contributed by atoms with Crippen molar-refractivity contribution >= 4 is 34.8 Å². The summed E-state index contributed by atoms with van der Waals surface area (Å²) in [6.45, 7) is 2.12. The Hall–Kier alpha value is -3.19. The van der Waals surface area contributed by atoms with E-state index in [-0.39, 0.29) is 43.4 Å². The van der Waals surface area contributed by atoms with Crippen LogP contribution in [0.15, 0.2) is 10.9 Å². The van der Waals surface area contributed by atoms with Crippen molar-refractivity contribution in [2.24, 2.45) is 5.92 Å². The van der Waals surface area contributed by atoms with Crippen molar-refractivity contribution in [1.82, 2.24) is 25.5 Å². The molecule has 156 valence electrons. The van der Waals surface area contributed by atoms with Gasteiger partial charge in [0.2, 0.25) is 16.9 Å². The molecule has 2 aromatic rings. The Morgan fingerprint density at radius 1 is 1.48 bits per heavy atom. The SMILES string of the molecule is COCc1nnc(N2CC(C(=O)NCc3cc(=O)[nH]c(C)n3)CC2=O)s1.O=CO. The lowest BCUT2D eigenvalue weighted by molar-refractivity contribution is -0.126. The van der Waals surface area contributed by atoms with Gasteiger partial charge >= 0.3 is 0 Å². The molecule has 13 heteroatoms. The monoisotopic (exact) mass is 424 g/mol. The van der Waals surface area contributed by atoms with Crippen molar-refractivity contribution in [2.45, 2.75) is 26.5 Å². The quantitative estimate of drug-likeness (QED) is 0.515. The number of nitrogens with zero attached hydrogens (tertiary/aromatic N) is 4. The molecule has 1 saturated heterocycles. The van der Waals surface area contributed by atoms with Crippen molar-refractivity contribution in [1.29, 1.82) is 0 Å². The summed E-state index contributed by atoms with van der Waals surface area (Å²) in [7, 11) is 1.55. The zero-order valence-corrected chi connectivity index (χ0v) is 16.6. The first-order chi connectivity index (χ1) is 13.9. The number of hydrogen-bond donors (Lipinski definition) is 3. The minimum atomic E-state index is -0.486. The third-order valence-electron chi connectivity index (χ3n) is 3.81. The molecule has 3 heterocycles. The Morgan fingerprint density at radius 3 is 2.86 bits per heavy atom. The number of nitrogens with one attached hydrogen (secondary N) is 2. The summed E-state index contributed by atoms with van der Waals surface area (Å²) in [6.07, 6.45) is 0.104. The maximum Gasteiger partial charge on any atom is 0.290 e. The molecule has 1 atom stereocenters. The first-order valence-corrected chi connectivity index (χ1v) is 9.23. The summed E-state index contributed by atoms with van der Waals surface area (Å²) in [6, 6.07) is 1.33. The molecule has 2 amide bonds. The number of anilines is 1.